The van der Waals surface area contributed by atoms with Crippen molar-refractivity contribution in [1.82, 2.24) is 14.9 Å². The second kappa shape index (κ2) is 6.04. The smallest absolute Gasteiger partial charge is 0.340 e. The second-order valence-corrected chi connectivity index (χ2v) is 6.91. The van der Waals surface area contributed by atoms with Crippen LogP contribution in [0.4, 0.5) is 0 Å². The van der Waals surface area contributed by atoms with Gasteiger partial charge in [0.25, 0.3) is 0 Å². The summed E-state index contributed by atoms with van der Waals surface area (Å²) in [5.41, 5.74) is 5.14. The Morgan fingerprint density at radius 2 is 2.19 bits per heavy atom. The average molecular weight is 361 g/mol. The third-order valence-electron chi connectivity index (χ3n) is 5.58. The Morgan fingerprint density at radius 1 is 1.33 bits per heavy atom. The molecule has 6 heteroatoms. The van der Waals surface area contributed by atoms with Crippen LogP contribution >= 0.6 is 0 Å². The number of hydrogen-bond acceptors (Lipinski definition) is 5. The number of nitrogens with zero attached hydrogens (tertiary/aromatic N) is 2. The summed E-state index contributed by atoms with van der Waals surface area (Å²) < 4.78 is 4.88. The van der Waals surface area contributed by atoms with Crippen LogP contribution in [0.3, 0.4) is 0 Å². The van der Waals surface area contributed by atoms with Crippen molar-refractivity contribution in [2.24, 2.45) is 0 Å². The van der Waals surface area contributed by atoms with Crippen LogP contribution in [0.15, 0.2) is 42.7 Å². The fourth-order valence-electron chi connectivity index (χ4n) is 4.29. The Hall–Kier alpha value is -2.96. The van der Waals surface area contributed by atoms with Crippen molar-refractivity contribution in [3.63, 3.8) is 0 Å². The van der Waals surface area contributed by atoms with E-state index in [0.717, 1.165) is 17.6 Å². The molecule has 2 atom stereocenters. The van der Waals surface area contributed by atoms with Gasteiger partial charge in [-0.05, 0) is 23.6 Å². The molecule has 136 valence electrons. The van der Waals surface area contributed by atoms with Crippen molar-refractivity contribution < 1.29 is 14.6 Å². The Kier molecular flexibility index (Phi) is 3.63. The molecule has 0 fully saturated rings. The number of H-pyrrole nitrogens is 1. The van der Waals surface area contributed by atoms with Gasteiger partial charge in [-0.25, -0.2) is 4.79 Å². The molecule has 6 nitrogen and oxygen atoms in total. The maximum Gasteiger partial charge on any atom is 0.340 e. The Bertz CT molecular complexity index is 1090. The number of aliphatic hydroxyl groups is 1. The highest BCUT2D eigenvalue weighted by Gasteiger charge is 2.36. The number of benzene rings is 1. The Balaban J connectivity index is 1.67. The highest BCUT2D eigenvalue weighted by molar-refractivity contribution is 5.94. The van der Waals surface area contributed by atoms with Gasteiger partial charge in [-0.15, -0.1) is 0 Å². The zero-order valence-electron chi connectivity index (χ0n) is 14.8. The molecule has 0 aliphatic carbocycles. The molecule has 0 spiro atoms. The third kappa shape index (κ3) is 2.34. The number of nitrogens with one attached hydrogen (secondary N) is 1. The molecule has 1 aromatic carbocycles. The van der Waals surface area contributed by atoms with E-state index in [1.807, 2.05) is 29.2 Å². The lowest BCUT2D eigenvalue weighted by molar-refractivity contribution is -0.0207. The highest BCUT2D eigenvalue weighted by Crippen LogP contribution is 2.42. The molecule has 5 rings (SSSR count). The first-order chi connectivity index (χ1) is 13.2. The number of para-hydroxylation sites is 1. The van der Waals surface area contributed by atoms with Gasteiger partial charge in [0.15, 0.2) is 0 Å². The minimum absolute atomic E-state index is 0.103. The van der Waals surface area contributed by atoms with Gasteiger partial charge >= 0.3 is 5.97 Å². The number of hydrogen-bond donors (Lipinski definition) is 2. The predicted molar refractivity (Wildman–Crippen MR) is 101 cm³/mol. The monoisotopic (exact) mass is 361 g/mol. The van der Waals surface area contributed by atoms with Crippen molar-refractivity contribution in [3.8, 4) is 0 Å². The molecule has 2 aliphatic heterocycles. The molecular weight excluding hydrogens is 342 g/mol. The summed E-state index contributed by atoms with van der Waals surface area (Å²) in [5.74, 6) is -0.456. The number of aromatic amines is 1. The Labute approximate surface area is 156 Å². The number of esters is 1. The van der Waals surface area contributed by atoms with Gasteiger partial charge < -0.3 is 14.8 Å². The second-order valence-electron chi connectivity index (χ2n) is 6.91. The number of carbonyl (C=O) groups excluding carboxylic acids is 1. The van der Waals surface area contributed by atoms with Crippen LogP contribution < -0.4 is 0 Å². The topological polar surface area (TPSA) is 78.5 Å². The van der Waals surface area contributed by atoms with Gasteiger partial charge in [0, 0.05) is 41.1 Å². The van der Waals surface area contributed by atoms with E-state index in [-0.39, 0.29) is 6.04 Å². The molecule has 2 aromatic heterocycles. The molecule has 2 aliphatic rings. The lowest BCUT2D eigenvalue weighted by Crippen LogP contribution is -2.37. The zero-order valence-corrected chi connectivity index (χ0v) is 14.8. The van der Waals surface area contributed by atoms with E-state index >= 15 is 0 Å². The fraction of sp³-hybridized carbons (Fsp3) is 0.238. The van der Waals surface area contributed by atoms with Gasteiger partial charge in [0.1, 0.15) is 6.23 Å². The van der Waals surface area contributed by atoms with Gasteiger partial charge in [-0.1, -0.05) is 30.4 Å². The minimum atomic E-state index is -0.850. The number of fused-ring (bicyclic) bond motifs is 6. The number of ether oxygens (including phenoxy) is 1. The standard InChI is InChI=1S/C21H19N3O3/c1-27-21(26)16-11-22-10-15-12(16)6-7-18-19-14(8-9-24(18)20(15)25)13-4-2-3-5-17(13)23-19/h2-7,10-11,18,20,23,25H,8-9H2,1H3. The van der Waals surface area contributed by atoms with E-state index in [0.29, 0.717) is 23.2 Å². The van der Waals surface area contributed by atoms with E-state index in [1.54, 1.807) is 6.20 Å². The van der Waals surface area contributed by atoms with Crippen LogP contribution in [0.1, 0.15) is 45.0 Å². The Morgan fingerprint density at radius 3 is 3.04 bits per heavy atom. The molecule has 3 aromatic rings. The number of rotatable bonds is 1. The van der Waals surface area contributed by atoms with E-state index in [1.165, 1.54) is 24.3 Å². The van der Waals surface area contributed by atoms with Crippen molar-refractivity contribution in [2.75, 3.05) is 13.7 Å². The lowest BCUT2D eigenvalue weighted by Gasteiger charge is -2.36. The largest absolute Gasteiger partial charge is 0.465 e. The van der Waals surface area contributed by atoms with E-state index in [4.69, 9.17) is 4.74 Å². The van der Waals surface area contributed by atoms with E-state index in [2.05, 4.69) is 22.1 Å². The van der Waals surface area contributed by atoms with E-state index in [9.17, 15) is 9.90 Å². The molecule has 0 amide bonds. The first-order valence-corrected chi connectivity index (χ1v) is 8.96. The molecule has 0 saturated heterocycles. The van der Waals surface area contributed by atoms with Crippen molar-refractivity contribution in [2.45, 2.75) is 18.7 Å². The number of aliphatic hydroxyl groups excluding tert-OH is 1. The van der Waals surface area contributed by atoms with Crippen LogP contribution in [0.2, 0.25) is 0 Å². The molecule has 2 N–H and O–H groups in total. The van der Waals surface area contributed by atoms with Crippen LogP contribution in [0.5, 0.6) is 0 Å². The van der Waals surface area contributed by atoms with Crippen LogP contribution in [0.25, 0.3) is 17.0 Å². The SMILES string of the molecule is COC(=O)c1cncc2c1C=CC1c3[nH]c4ccccc4c3CCN1C2O. The van der Waals surface area contributed by atoms with Gasteiger partial charge in [-0.3, -0.25) is 9.88 Å². The number of methoxy groups -OCH3 is 1. The van der Waals surface area contributed by atoms with Crippen molar-refractivity contribution in [3.05, 3.63) is 70.7 Å². The third-order valence-corrected chi connectivity index (χ3v) is 5.58. The molecule has 0 saturated carbocycles. The quantitative estimate of drug-likeness (QED) is 0.652. The molecule has 4 heterocycles. The maximum atomic E-state index is 12.1. The molecule has 0 bridgehead atoms. The summed E-state index contributed by atoms with van der Waals surface area (Å²) in [6, 6.07) is 8.16. The van der Waals surface area contributed by atoms with Crippen LogP contribution in [-0.4, -0.2) is 39.6 Å². The minimum Gasteiger partial charge on any atom is -0.465 e. The summed E-state index contributed by atoms with van der Waals surface area (Å²) in [6.45, 7) is 0.715. The molecule has 27 heavy (non-hydrogen) atoms. The highest BCUT2D eigenvalue weighted by atomic mass is 16.5. The number of aromatic nitrogens is 2. The molecule has 0 radical (unpaired) electrons. The summed E-state index contributed by atoms with van der Waals surface area (Å²) in [7, 11) is 1.35. The predicted octanol–water partition coefficient (Wildman–Crippen LogP) is 2.97. The van der Waals surface area contributed by atoms with Crippen LogP contribution in [0, 0.1) is 0 Å². The van der Waals surface area contributed by atoms with E-state index < -0.39 is 12.2 Å². The normalized spacial score (nSPS) is 21.3. The summed E-state index contributed by atoms with van der Waals surface area (Å²) >= 11 is 0. The van der Waals surface area contributed by atoms with Crippen molar-refractivity contribution >= 4 is 22.9 Å². The number of pyridine rings is 1. The summed E-state index contributed by atoms with van der Waals surface area (Å²) in [6.07, 6.45) is 7.05. The van der Waals surface area contributed by atoms with Crippen molar-refractivity contribution in [1.29, 1.82) is 0 Å². The molecular formula is C21H19N3O3. The number of carbonyl (C=O) groups is 1. The van der Waals surface area contributed by atoms with Gasteiger partial charge in [0.05, 0.1) is 18.7 Å². The van der Waals surface area contributed by atoms with Gasteiger partial charge in [-0.2, -0.15) is 0 Å². The van der Waals surface area contributed by atoms with Gasteiger partial charge in [0.2, 0.25) is 0 Å². The fourth-order valence-corrected chi connectivity index (χ4v) is 4.29. The zero-order chi connectivity index (χ0) is 18.5. The average Bonchev–Trinajstić information content (AvgIpc) is 3.02. The summed E-state index contributed by atoms with van der Waals surface area (Å²) in [4.78, 5) is 21.8. The van der Waals surface area contributed by atoms with Crippen LogP contribution in [-0.2, 0) is 11.2 Å². The maximum absolute atomic E-state index is 12.1. The molecule has 2 unspecified atom stereocenters. The first kappa shape index (κ1) is 16.2. The summed E-state index contributed by atoms with van der Waals surface area (Å²) in [5, 5.41) is 12.3. The lowest BCUT2D eigenvalue weighted by atomic mass is 9.97. The first-order valence-electron chi connectivity index (χ1n) is 8.96.